The Kier molecular flexibility index (Phi) is 4.59. The first-order chi connectivity index (χ1) is 8.76. The molecule has 2 rings (SSSR count). The van der Waals surface area contributed by atoms with Gasteiger partial charge in [-0.25, -0.2) is 0 Å². The number of anilines is 1. The number of pyridine rings is 1. The summed E-state index contributed by atoms with van der Waals surface area (Å²) in [6.45, 7) is 5.33. The Hall–Kier alpha value is -1.09. The maximum absolute atomic E-state index is 4.63. The van der Waals surface area contributed by atoms with Crippen LogP contribution in [-0.2, 0) is 0 Å². The van der Waals surface area contributed by atoms with Crippen molar-refractivity contribution in [2.75, 3.05) is 18.5 Å². The lowest BCUT2D eigenvalue weighted by Gasteiger charge is -2.36. The fourth-order valence-corrected chi connectivity index (χ4v) is 2.50. The Bertz CT molecular complexity index is 336. The number of aromatic nitrogens is 1. The lowest BCUT2D eigenvalue weighted by molar-refractivity contribution is 0.401. The van der Waals surface area contributed by atoms with Crippen LogP contribution in [0, 0.1) is 0 Å². The standard InChI is InChI=1S/C15H25N3/c1-4-14(16-5-2)15-10-9-13(11-17-15)18(3)12-7-6-8-12/h9-12,14,16H,4-8H2,1-3H3. The van der Waals surface area contributed by atoms with Gasteiger partial charge in [-0.05, 0) is 44.4 Å². The van der Waals surface area contributed by atoms with Gasteiger partial charge in [-0.2, -0.15) is 0 Å². The van der Waals surface area contributed by atoms with Gasteiger partial charge in [0, 0.05) is 19.1 Å². The number of hydrogen-bond acceptors (Lipinski definition) is 3. The van der Waals surface area contributed by atoms with Crippen LogP contribution in [0.25, 0.3) is 0 Å². The van der Waals surface area contributed by atoms with Crippen molar-refractivity contribution < 1.29 is 0 Å². The highest BCUT2D eigenvalue weighted by molar-refractivity contribution is 5.45. The number of rotatable bonds is 6. The molecule has 0 spiro atoms. The molecule has 1 aromatic heterocycles. The predicted octanol–water partition coefficient (Wildman–Crippen LogP) is 3.13. The van der Waals surface area contributed by atoms with E-state index >= 15 is 0 Å². The van der Waals surface area contributed by atoms with Crippen LogP contribution in [-0.4, -0.2) is 24.6 Å². The van der Waals surface area contributed by atoms with Crippen LogP contribution in [0.2, 0.25) is 0 Å². The van der Waals surface area contributed by atoms with Gasteiger partial charge in [0.2, 0.25) is 0 Å². The Labute approximate surface area is 111 Å². The first-order valence-corrected chi connectivity index (χ1v) is 7.18. The van der Waals surface area contributed by atoms with Gasteiger partial charge < -0.3 is 10.2 Å². The van der Waals surface area contributed by atoms with Crippen molar-refractivity contribution in [3.8, 4) is 0 Å². The van der Waals surface area contributed by atoms with Crippen LogP contribution in [0.15, 0.2) is 18.3 Å². The van der Waals surface area contributed by atoms with Gasteiger partial charge in [-0.1, -0.05) is 13.8 Å². The zero-order valence-electron chi connectivity index (χ0n) is 11.8. The largest absolute Gasteiger partial charge is 0.370 e. The highest BCUT2D eigenvalue weighted by Gasteiger charge is 2.22. The van der Waals surface area contributed by atoms with E-state index in [-0.39, 0.29) is 0 Å². The van der Waals surface area contributed by atoms with Crippen LogP contribution in [0.3, 0.4) is 0 Å². The SMILES string of the molecule is CCNC(CC)c1ccc(N(C)C2CCC2)cn1. The Morgan fingerprint density at radius 2 is 2.17 bits per heavy atom. The number of nitrogens with one attached hydrogen (secondary N) is 1. The first-order valence-electron chi connectivity index (χ1n) is 7.18. The minimum atomic E-state index is 0.387. The minimum Gasteiger partial charge on any atom is -0.370 e. The summed E-state index contributed by atoms with van der Waals surface area (Å²) in [5.74, 6) is 0. The molecule has 3 heteroatoms. The third-order valence-corrected chi connectivity index (χ3v) is 4.02. The lowest BCUT2D eigenvalue weighted by Crippen LogP contribution is -2.37. The minimum absolute atomic E-state index is 0.387. The van der Waals surface area contributed by atoms with E-state index in [1.807, 2.05) is 6.20 Å². The Morgan fingerprint density at radius 1 is 1.39 bits per heavy atom. The molecule has 1 aromatic rings. The molecule has 0 amide bonds. The van der Waals surface area contributed by atoms with Gasteiger partial charge >= 0.3 is 0 Å². The summed E-state index contributed by atoms with van der Waals surface area (Å²) in [6.07, 6.45) is 7.13. The molecule has 1 aliphatic carbocycles. The van der Waals surface area contributed by atoms with Gasteiger partial charge in [-0.15, -0.1) is 0 Å². The van der Waals surface area contributed by atoms with Gasteiger partial charge in [-0.3, -0.25) is 4.98 Å². The summed E-state index contributed by atoms with van der Waals surface area (Å²) >= 11 is 0. The smallest absolute Gasteiger partial charge is 0.0574 e. The number of nitrogens with zero attached hydrogens (tertiary/aromatic N) is 2. The van der Waals surface area contributed by atoms with E-state index in [1.165, 1.54) is 24.9 Å². The van der Waals surface area contributed by atoms with E-state index in [9.17, 15) is 0 Å². The summed E-state index contributed by atoms with van der Waals surface area (Å²) in [5, 5.41) is 3.47. The number of hydrogen-bond donors (Lipinski definition) is 1. The molecule has 1 saturated carbocycles. The van der Waals surface area contributed by atoms with Gasteiger partial charge in [0.1, 0.15) is 0 Å². The fourth-order valence-electron chi connectivity index (χ4n) is 2.50. The van der Waals surface area contributed by atoms with Crippen molar-refractivity contribution in [2.45, 2.75) is 51.6 Å². The molecule has 1 aliphatic rings. The average molecular weight is 247 g/mol. The molecule has 100 valence electrons. The topological polar surface area (TPSA) is 28.2 Å². The molecular formula is C15H25N3. The van der Waals surface area contributed by atoms with Crippen LogP contribution in [0.4, 0.5) is 5.69 Å². The van der Waals surface area contributed by atoms with Crippen LogP contribution >= 0.6 is 0 Å². The summed E-state index contributed by atoms with van der Waals surface area (Å²) < 4.78 is 0. The maximum Gasteiger partial charge on any atom is 0.0574 e. The molecule has 0 saturated heterocycles. The molecule has 1 unspecified atom stereocenters. The first kappa shape index (κ1) is 13.3. The van der Waals surface area contributed by atoms with Crippen molar-refractivity contribution in [2.24, 2.45) is 0 Å². The van der Waals surface area contributed by atoms with Crippen molar-refractivity contribution in [1.29, 1.82) is 0 Å². The molecule has 0 aliphatic heterocycles. The van der Waals surface area contributed by atoms with E-state index in [1.54, 1.807) is 0 Å². The quantitative estimate of drug-likeness (QED) is 0.837. The third-order valence-electron chi connectivity index (χ3n) is 4.02. The van der Waals surface area contributed by atoms with Gasteiger partial charge in [0.05, 0.1) is 17.6 Å². The Balaban J connectivity index is 2.03. The van der Waals surface area contributed by atoms with E-state index in [4.69, 9.17) is 0 Å². The average Bonchev–Trinajstić information content (AvgIpc) is 2.34. The zero-order valence-corrected chi connectivity index (χ0v) is 11.8. The maximum atomic E-state index is 4.63. The second-order valence-corrected chi connectivity index (χ2v) is 5.16. The van der Waals surface area contributed by atoms with Crippen molar-refractivity contribution >= 4 is 5.69 Å². The third kappa shape index (κ3) is 2.83. The summed E-state index contributed by atoms with van der Waals surface area (Å²) in [6, 6.07) is 5.49. The second kappa shape index (κ2) is 6.19. The molecule has 0 radical (unpaired) electrons. The monoisotopic (exact) mass is 247 g/mol. The van der Waals surface area contributed by atoms with Crippen LogP contribution < -0.4 is 10.2 Å². The van der Waals surface area contributed by atoms with Crippen molar-refractivity contribution in [1.82, 2.24) is 10.3 Å². The highest BCUT2D eigenvalue weighted by atomic mass is 15.1. The summed E-state index contributed by atoms with van der Waals surface area (Å²) in [4.78, 5) is 7.00. The van der Waals surface area contributed by atoms with Crippen molar-refractivity contribution in [3.63, 3.8) is 0 Å². The molecule has 3 nitrogen and oxygen atoms in total. The fraction of sp³-hybridized carbons (Fsp3) is 0.667. The van der Waals surface area contributed by atoms with E-state index in [2.05, 4.69) is 48.2 Å². The second-order valence-electron chi connectivity index (χ2n) is 5.16. The normalized spacial score (nSPS) is 17.3. The van der Waals surface area contributed by atoms with Gasteiger partial charge in [0.25, 0.3) is 0 Å². The molecule has 1 N–H and O–H groups in total. The lowest BCUT2D eigenvalue weighted by atomic mass is 9.91. The van der Waals surface area contributed by atoms with Crippen LogP contribution in [0.1, 0.15) is 51.3 Å². The van der Waals surface area contributed by atoms with E-state index in [0.717, 1.165) is 24.7 Å². The van der Waals surface area contributed by atoms with Gasteiger partial charge in [0.15, 0.2) is 0 Å². The summed E-state index contributed by atoms with van der Waals surface area (Å²) in [7, 11) is 2.18. The zero-order chi connectivity index (χ0) is 13.0. The molecule has 0 aromatic carbocycles. The molecular weight excluding hydrogens is 222 g/mol. The van der Waals surface area contributed by atoms with Crippen molar-refractivity contribution in [3.05, 3.63) is 24.0 Å². The molecule has 1 heterocycles. The molecule has 1 atom stereocenters. The summed E-state index contributed by atoms with van der Waals surface area (Å²) in [5.41, 5.74) is 2.40. The van der Waals surface area contributed by atoms with Crippen LogP contribution in [0.5, 0.6) is 0 Å². The van der Waals surface area contributed by atoms with E-state index < -0.39 is 0 Å². The molecule has 0 bridgehead atoms. The molecule has 18 heavy (non-hydrogen) atoms. The Morgan fingerprint density at radius 3 is 2.61 bits per heavy atom. The van der Waals surface area contributed by atoms with E-state index in [0.29, 0.717) is 6.04 Å². The predicted molar refractivity (Wildman–Crippen MR) is 77.0 cm³/mol. The molecule has 1 fully saturated rings. The highest BCUT2D eigenvalue weighted by Crippen LogP contribution is 2.28.